The van der Waals surface area contributed by atoms with Crippen molar-refractivity contribution in [3.63, 3.8) is 0 Å². The van der Waals surface area contributed by atoms with Crippen LogP contribution in [-0.2, 0) is 4.79 Å². The molecule has 5 heteroatoms. The van der Waals surface area contributed by atoms with Gasteiger partial charge in [-0.15, -0.1) is 6.58 Å². The van der Waals surface area contributed by atoms with Crippen molar-refractivity contribution >= 4 is 11.9 Å². The molecule has 0 spiro atoms. The van der Waals surface area contributed by atoms with E-state index in [1.807, 2.05) is 0 Å². The predicted octanol–water partition coefficient (Wildman–Crippen LogP) is 0.873. The normalized spacial score (nSPS) is 20.6. The largest absolute Gasteiger partial charge is 0.334 e. The zero-order valence-corrected chi connectivity index (χ0v) is 10.4. The van der Waals surface area contributed by atoms with E-state index in [9.17, 15) is 9.59 Å². The fourth-order valence-corrected chi connectivity index (χ4v) is 1.95. The van der Waals surface area contributed by atoms with Crippen molar-refractivity contribution in [3.05, 3.63) is 12.7 Å². The molecule has 2 N–H and O–H groups in total. The van der Waals surface area contributed by atoms with Gasteiger partial charge in [0.2, 0.25) is 5.91 Å². The second-order valence-electron chi connectivity index (χ2n) is 4.36. The number of nitrogens with zero attached hydrogens (tertiary/aromatic N) is 1. The van der Waals surface area contributed by atoms with Gasteiger partial charge in [0, 0.05) is 12.6 Å². The molecule has 0 aromatic carbocycles. The molecule has 17 heavy (non-hydrogen) atoms. The molecule has 96 valence electrons. The number of rotatable bonds is 4. The highest BCUT2D eigenvalue weighted by atomic mass is 16.2. The average Bonchev–Trinajstić information content (AvgIpc) is 2.29. The zero-order chi connectivity index (χ0) is 12.7. The third-order valence-electron chi connectivity index (χ3n) is 2.95. The Morgan fingerprint density at radius 1 is 1.47 bits per heavy atom. The number of piperidine rings is 1. The Morgan fingerprint density at radius 2 is 2.24 bits per heavy atom. The lowest BCUT2D eigenvalue weighted by Gasteiger charge is -2.32. The molecular weight excluding hydrogens is 218 g/mol. The zero-order valence-electron chi connectivity index (χ0n) is 10.4. The van der Waals surface area contributed by atoms with E-state index < -0.39 is 6.03 Å². The first-order valence-electron chi connectivity index (χ1n) is 6.06. The van der Waals surface area contributed by atoms with Crippen molar-refractivity contribution in [2.75, 3.05) is 19.6 Å². The van der Waals surface area contributed by atoms with Crippen LogP contribution >= 0.6 is 0 Å². The number of hydrogen-bond acceptors (Lipinski definition) is 3. The first-order valence-corrected chi connectivity index (χ1v) is 6.06. The third-order valence-corrected chi connectivity index (χ3v) is 2.95. The topological polar surface area (TPSA) is 61.4 Å². The van der Waals surface area contributed by atoms with Crippen molar-refractivity contribution in [2.24, 2.45) is 0 Å². The highest BCUT2D eigenvalue weighted by Gasteiger charge is 2.20. The summed E-state index contributed by atoms with van der Waals surface area (Å²) in [7, 11) is 0. The van der Waals surface area contributed by atoms with E-state index in [2.05, 4.69) is 29.0 Å². The molecule has 1 aliphatic heterocycles. The van der Waals surface area contributed by atoms with Crippen LogP contribution in [0.1, 0.15) is 26.2 Å². The lowest BCUT2D eigenvalue weighted by molar-refractivity contribution is -0.121. The van der Waals surface area contributed by atoms with Gasteiger partial charge >= 0.3 is 6.03 Å². The number of carbonyl (C=O) groups is 2. The minimum absolute atomic E-state index is 0.250. The van der Waals surface area contributed by atoms with E-state index >= 15 is 0 Å². The minimum atomic E-state index is -0.459. The quantitative estimate of drug-likeness (QED) is 0.716. The lowest BCUT2D eigenvalue weighted by Crippen LogP contribution is -2.47. The maximum absolute atomic E-state index is 11.6. The van der Waals surface area contributed by atoms with Crippen molar-refractivity contribution in [2.45, 2.75) is 32.2 Å². The maximum atomic E-state index is 11.6. The van der Waals surface area contributed by atoms with Gasteiger partial charge in [-0.25, -0.2) is 4.79 Å². The van der Waals surface area contributed by atoms with Crippen LogP contribution in [0.2, 0.25) is 0 Å². The number of amides is 3. The number of imide groups is 1. The highest BCUT2D eigenvalue weighted by Crippen LogP contribution is 2.15. The van der Waals surface area contributed by atoms with Crippen LogP contribution in [0.3, 0.4) is 0 Å². The van der Waals surface area contributed by atoms with E-state index in [1.165, 1.54) is 6.42 Å². The van der Waals surface area contributed by atoms with Crippen LogP contribution in [-0.4, -0.2) is 42.5 Å². The van der Waals surface area contributed by atoms with Gasteiger partial charge in [0.05, 0.1) is 6.54 Å². The standard InChI is InChI=1S/C12H21N3O2/c1-3-7-13-12(17)14-11(16)9-15-8-5-4-6-10(15)2/h3,10H,1,4-9H2,2H3,(H2,13,14,16,17). The molecule has 0 aliphatic carbocycles. The molecule has 3 amide bonds. The summed E-state index contributed by atoms with van der Waals surface area (Å²) in [6.07, 6.45) is 5.03. The summed E-state index contributed by atoms with van der Waals surface area (Å²) in [5.41, 5.74) is 0. The molecule has 1 aliphatic rings. The van der Waals surface area contributed by atoms with Crippen LogP contribution in [0.5, 0.6) is 0 Å². The first kappa shape index (κ1) is 13.7. The van der Waals surface area contributed by atoms with Gasteiger partial charge in [0.1, 0.15) is 0 Å². The predicted molar refractivity (Wildman–Crippen MR) is 66.6 cm³/mol. The molecule has 0 radical (unpaired) electrons. The molecule has 1 saturated heterocycles. The van der Waals surface area contributed by atoms with Gasteiger partial charge in [0.15, 0.2) is 0 Å². The molecular formula is C12H21N3O2. The number of urea groups is 1. The molecule has 0 aromatic heterocycles. The molecule has 1 unspecified atom stereocenters. The second-order valence-corrected chi connectivity index (χ2v) is 4.36. The Bertz CT molecular complexity index is 291. The van der Waals surface area contributed by atoms with Crippen molar-refractivity contribution in [1.82, 2.24) is 15.5 Å². The maximum Gasteiger partial charge on any atom is 0.321 e. The number of nitrogens with one attached hydrogen (secondary N) is 2. The van der Waals surface area contributed by atoms with Gasteiger partial charge in [-0.1, -0.05) is 12.5 Å². The Hall–Kier alpha value is -1.36. The molecule has 0 saturated carbocycles. The minimum Gasteiger partial charge on any atom is -0.334 e. The van der Waals surface area contributed by atoms with E-state index in [1.54, 1.807) is 6.08 Å². The highest BCUT2D eigenvalue weighted by molar-refractivity contribution is 5.95. The van der Waals surface area contributed by atoms with Crippen molar-refractivity contribution < 1.29 is 9.59 Å². The number of carbonyl (C=O) groups excluding carboxylic acids is 2. The SMILES string of the molecule is C=CCNC(=O)NC(=O)CN1CCCCC1C. The van der Waals surface area contributed by atoms with Crippen LogP contribution in [0.4, 0.5) is 4.79 Å². The van der Waals surface area contributed by atoms with Crippen LogP contribution < -0.4 is 10.6 Å². The van der Waals surface area contributed by atoms with Gasteiger partial charge < -0.3 is 5.32 Å². The van der Waals surface area contributed by atoms with Crippen molar-refractivity contribution in [1.29, 1.82) is 0 Å². The van der Waals surface area contributed by atoms with Gasteiger partial charge in [-0.3, -0.25) is 15.0 Å². The summed E-state index contributed by atoms with van der Waals surface area (Å²) in [6, 6.07) is -0.0368. The summed E-state index contributed by atoms with van der Waals surface area (Å²) in [5, 5.41) is 4.81. The Balaban J connectivity index is 2.28. The van der Waals surface area contributed by atoms with Gasteiger partial charge in [0.25, 0.3) is 0 Å². The Kier molecular flexibility index (Phi) is 5.69. The van der Waals surface area contributed by atoms with Crippen LogP contribution in [0.15, 0.2) is 12.7 Å². The molecule has 0 bridgehead atoms. The summed E-state index contributed by atoms with van der Waals surface area (Å²) >= 11 is 0. The fourth-order valence-electron chi connectivity index (χ4n) is 1.95. The molecule has 1 rings (SSSR count). The monoisotopic (exact) mass is 239 g/mol. The lowest BCUT2D eigenvalue weighted by atomic mass is 10.0. The summed E-state index contributed by atoms with van der Waals surface area (Å²) in [6.45, 7) is 7.18. The van der Waals surface area contributed by atoms with E-state index in [0.717, 1.165) is 19.4 Å². The van der Waals surface area contributed by atoms with Crippen LogP contribution in [0.25, 0.3) is 0 Å². The molecule has 0 aromatic rings. The fraction of sp³-hybridized carbons (Fsp3) is 0.667. The molecule has 5 nitrogen and oxygen atoms in total. The number of likely N-dealkylation sites (tertiary alicyclic amines) is 1. The van der Waals surface area contributed by atoms with Gasteiger partial charge in [-0.05, 0) is 26.3 Å². The van der Waals surface area contributed by atoms with E-state index in [4.69, 9.17) is 0 Å². The molecule has 1 heterocycles. The van der Waals surface area contributed by atoms with E-state index in [0.29, 0.717) is 19.1 Å². The summed E-state index contributed by atoms with van der Waals surface area (Å²) < 4.78 is 0. The van der Waals surface area contributed by atoms with E-state index in [-0.39, 0.29) is 5.91 Å². The van der Waals surface area contributed by atoms with Crippen molar-refractivity contribution in [3.8, 4) is 0 Å². The Labute approximate surface area is 102 Å². The third kappa shape index (κ3) is 4.99. The molecule has 1 atom stereocenters. The molecule has 1 fully saturated rings. The smallest absolute Gasteiger partial charge is 0.321 e. The Morgan fingerprint density at radius 3 is 2.88 bits per heavy atom. The van der Waals surface area contributed by atoms with Crippen LogP contribution in [0, 0.1) is 0 Å². The first-order chi connectivity index (χ1) is 8.13. The average molecular weight is 239 g/mol. The van der Waals surface area contributed by atoms with Gasteiger partial charge in [-0.2, -0.15) is 0 Å². The second kappa shape index (κ2) is 7.06. The number of hydrogen-bond donors (Lipinski definition) is 2. The summed E-state index contributed by atoms with van der Waals surface area (Å²) in [4.78, 5) is 24.9. The summed E-state index contributed by atoms with van der Waals surface area (Å²) in [5.74, 6) is -0.250.